The Labute approximate surface area is 189 Å². The van der Waals surface area contributed by atoms with Gasteiger partial charge in [-0.2, -0.15) is 0 Å². The number of guanidine groups is 1. The highest BCUT2D eigenvalue weighted by Crippen LogP contribution is 2.19. The minimum atomic E-state index is -0.325. The molecule has 1 aliphatic heterocycles. The molecule has 1 amide bonds. The number of nitrogens with one attached hydrogen (secondary N) is 2. The maximum Gasteiger partial charge on any atom is 0.309 e. The van der Waals surface area contributed by atoms with Crippen molar-refractivity contribution in [3.05, 3.63) is 29.8 Å². The molecule has 1 aromatic carbocycles. The number of aromatic hydroxyl groups is 1. The number of piperidine rings is 1. The minimum absolute atomic E-state index is 0. The van der Waals surface area contributed by atoms with E-state index in [9.17, 15) is 14.7 Å². The lowest BCUT2D eigenvalue weighted by molar-refractivity contribution is -0.149. The molecule has 0 bridgehead atoms. The van der Waals surface area contributed by atoms with Crippen molar-refractivity contribution in [2.24, 2.45) is 10.9 Å². The Morgan fingerprint density at radius 1 is 1.21 bits per heavy atom. The number of nitrogens with zero attached hydrogens (tertiary/aromatic N) is 2. The maximum absolute atomic E-state index is 12.1. The van der Waals surface area contributed by atoms with Crippen molar-refractivity contribution in [3.8, 4) is 5.75 Å². The van der Waals surface area contributed by atoms with Gasteiger partial charge in [-0.1, -0.05) is 12.1 Å². The number of phenolic OH excluding ortho intramolecular Hbond substituents is 1. The standard InChI is InChI=1S/C20H30N4O4.HI/c1-3-21-20(24-13-9-15(10-14-24)19(27)28-4-2)23-12-11-22-18(26)16-7-5-6-8-17(16)25;/h5-8,15,25H,3-4,9-14H2,1-2H3,(H,21,23)(H,22,26);1H. The SMILES string of the molecule is CCNC(=NCCNC(=O)c1ccccc1O)N1CCC(C(=O)OCC)CC1.I. The molecule has 0 spiro atoms. The van der Waals surface area contributed by atoms with Gasteiger partial charge in [0.15, 0.2) is 5.96 Å². The first-order chi connectivity index (χ1) is 13.6. The first kappa shape index (κ1) is 25.0. The van der Waals surface area contributed by atoms with E-state index in [0.29, 0.717) is 19.7 Å². The van der Waals surface area contributed by atoms with Crippen LogP contribution >= 0.6 is 24.0 Å². The van der Waals surface area contributed by atoms with Gasteiger partial charge >= 0.3 is 5.97 Å². The van der Waals surface area contributed by atoms with Gasteiger partial charge in [0.2, 0.25) is 0 Å². The van der Waals surface area contributed by atoms with Crippen molar-refractivity contribution in [2.75, 3.05) is 39.3 Å². The average Bonchev–Trinajstić information content (AvgIpc) is 2.71. The molecule has 1 saturated heterocycles. The molecular weight excluding hydrogens is 487 g/mol. The summed E-state index contributed by atoms with van der Waals surface area (Å²) >= 11 is 0. The number of likely N-dealkylation sites (tertiary alicyclic amines) is 1. The largest absolute Gasteiger partial charge is 0.507 e. The summed E-state index contributed by atoms with van der Waals surface area (Å²) < 4.78 is 5.11. The lowest BCUT2D eigenvalue weighted by Crippen LogP contribution is -2.47. The second-order valence-electron chi connectivity index (χ2n) is 6.52. The van der Waals surface area contributed by atoms with Crippen molar-refractivity contribution >= 4 is 41.8 Å². The van der Waals surface area contributed by atoms with Gasteiger partial charge in [-0.3, -0.25) is 14.6 Å². The second kappa shape index (κ2) is 13.2. The molecule has 0 atom stereocenters. The third kappa shape index (κ3) is 7.71. The van der Waals surface area contributed by atoms with E-state index >= 15 is 0 Å². The van der Waals surface area contributed by atoms with Gasteiger partial charge in [-0.05, 0) is 38.8 Å². The van der Waals surface area contributed by atoms with Crippen LogP contribution in [0.5, 0.6) is 5.75 Å². The molecule has 162 valence electrons. The van der Waals surface area contributed by atoms with Crippen molar-refractivity contribution in [2.45, 2.75) is 26.7 Å². The number of aliphatic imine (C=N–C) groups is 1. The molecule has 3 N–H and O–H groups in total. The summed E-state index contributed by atoms with van der Waals surface area (Å²) in [5, 5.41) is 15.7. The number of halogens is 1. The molecule has 0 radical (unpaired) electrons. The number of rotatable bonds is 7. The van der Waals surface area contributed by atoms with Gasteiger partial charge in [0.1, 0.15) is 5.75 Å². The van der Waals surface area contributed by atoms with E-state index in [1.54, 1.807) is 18.2 Å². The lowest BCUT2D eigenvalue weighted by atomic mass is 9.97. The molecule has 1 aromatic rings. The van der Waals surface area contributed by atoms with E-state index in [1.807, 2.05) is 13.8 Å². The van der Waals surface area contributed by atoms with Crippen LogP contribution in [0.15, 0.2) is 29.3 Å². The Balaban J connectivity index is 0.00000420. The summed E-state index contributed by atoms with van der Waals surface area (Å²) in [5.41, 5.74) is 0.249. The highest BCUT2D eigenvalue weighted by Gasteiger charge is 2.27. The van der Waals surface area contributed by atoms with E-state index in [1.165, 1.54) is 6.07 Å². The topological polar surface area (TPSA) is 103 Å². The summed E-state index contributed by atoms with van der Waals surface area (Å²) in [6.45, 7) is 7.22. The Morgan fingerprint density at radius 3 is 2.52 bits per heavy atom. The molecule has 29 heavy (non-hydrogen) atoms. The van der Waals surface area contributed by atoms with Crippen LogP contribution in [0.25, 0.3) is 0 Å². The zero-order valence-electron chi connectivity index (χ0n) is 17.0. The van der Waals surface area contributed by atoms with Gasteiger partial charge in [-0.25, -0.2) is 0 Å². The van der Waals surface area contributed by atoms with Gasteiger partial charge in [-0.15, -0.1) is 24.0 Å². The third-order valence-corrected chi connectivity index (χ3v) is 4.56. The van der Waals surface area contributed by atoms with Crippen molar-refractivity contribution in [3.63, 3.8) is 0 Å². The first-order valence-electron chi connectivity index (χ1n) is 9.82. The Bertz CT molecular complexity index is 691. The number of para-hydroxylation sites is 1. The highest BCUT2D eigenvalue weighted by atomic mass is 127. The normalized spacial score (nSPS) is 14.7. The molecule has 1 fully saturated rings. The monoisotopic (exact) mass is 518 g/mol. The predicted molar refractivity (Wildman–Crippen MR) is 123 cm³/mol. The van der Waals surface area contributed by atoms with Gasteiger partial charge in [0, 0.05) is 26.2 Å². The fourth-order valence-corrected chi connectivity index (χ4v) is 3.11. The summed E-state index contributed by atoms with van der Waals surface area (Å²) in [6, 6.07) is 6.43. The third-order valence-electron chi connectivity index (χ3n) is 4.56. The molecule has 0 aromatic heterocycles. The van der Waals surface area contributed by atoms with Crippen LogP contribution in [0, 0.1) is 5.92 Å². The minimum Gasteiger partial charge on any atom is -0.507 e. The number of benzene rings is 1. The number of hydrogen-bond donors (Lipinski definition) is 3. The molecule has 0 saturated carbocycles. The average molecular weight is 518 g/mol. The number of phenols is 1. The lowest BCUT2D eigenvalue weighted by Gasteiger charge is -2.33. The second-order valence-corrected chi connectivity index (χ2v) is 6.52. The van der Waals surface area contributed by atoms with Crippen LogP contribution in [-0.4, -0.2) is 67.2 Å². The summed E-state index contributed by atoms with van der Waals surface area (Å²) in [6.07, 6.45) is 1.49. The van der Waals surface area contributed by atoms with E-state index < -0.39 is 0 Å². The van der Waals surface area contributed by atoms with Crippen LogP contribution in [0.2, 0.25) is 0 Å². The van der Waals surface area contributed by atoms with Gasteiger partial charge in [0.25, 0.3) is 5.91 Å². The quantitative estimate of drug-likeness (QED) is 0.168. The van der Waals surface area contributed by atoms with Crippen molar-refractivity contribution < 1.29 is 19.4 Å². The molecular formula is C20H31IN4O4. The predicted octanol–water partition coefficient (Wildman–Crippen LogP) is 1.98. The van der Waals surface area contributed by atoms with Crippen LogP contribution in [0.3, 0.4) is 0 Å². The van der Waals surface area contributed by atoms with Crippen LogP contribution in [-0.2, 0) is 9.53 Å². The fraction of sp³-hybridized carbons (Fsp3) is 0.550. The van der Waals surface area contributed by atoms with E-state index in [-0.39, 0.29) is 53.1 Å². The van der Waals surface area contributed by atoms with Gasteiger partial charge < -0.3 is 25.4 Å². The van der Waals surface area contributed by atoms with Gasteiger partial charge in [0.05, 0.1) is 24.6 Å². The Kier molecular flexibility index (Phi) is 11.4. The zero-order valence-corrected chi connectivity index (χ0v) is 19.3. The van der Waals surface area contributed by atoms with E-state index in [0.717, 1.165) is 38.4 Å². The van der Waals surface area contributed by atoms with E-state index in [2.05, 4.69) is 20.5 Å². The molecule has 1 heterocycles. The molecule has 1 aliphatic rings. The Morgan fingerprint density at radius 2 is 1.90 bits per heavy atom. The van der Waals surface area contributed by atoms with Crippen LogP contribution in [0.4, 0.5) is 0 Å². The molecule has 8 nitrogen and oxygen atoms in total. The molecule has 9 heteroatoms. The maximum atomic E-state index is 12.1. The zero-order chi connectivity index (χ0) is 20.4. The van der Waals surface area contributed by atoms with Crippen molar-refractivity contribution in [1.82, 2.24) is 15.5 Å². The number of esters is 1. The fourth-order valence-electron chi connectivity index (χ4n) is 3.11. The summed E-state index contributed by atoms with van der Waals surface area (Å²) in [4.78, 5) is 30.7. The molecule has 0 aliphatic carbocycles. The smallest absolute Gasteiger partial charge is 0.309 e. The highest BCUT2D eigenvalue weighted by molar-refractivity contribution is 14.0. The molecule has 2 rings (SSSR count). The number of carbonyl (C=O) groups is 2. The van der Waals surface area contributed by atoms with E-state index in [4.69, 9.17) is 4.74 Å². The number of ether oxygens (including phenoxy) is 1. The summed E-state index contributed by atoms with van der Waals surface area (Å²) in [5.74, 6) is 0.254. The van der Waals surface area contributed by atoms with Crippen molar-refractivity contribution in [1.29, 1.82) is 0 Å². The number of hydrogen-bond acceptors (Lipinski definition) is 5. The summed E-state index contributed by atoms with van der Waals surface area (Å²) in [7, 11) is 0. The number of amides is 1. The number of carbonyl (C=O) groups excluding carboxylic acids is 2. The van der Waals surface area contributed by atoms with Crippen LogP contribution in [0.1, 0.15) is 37.0 Å². The van der Waals surface area contributed by atoms with Crippen LogP contribution < -0.4 is 10.6 Å². The molecule has 0 unspecified atom stereocenters. The Hall–Kier alpha value is -2.04. The first-order valence-corrected chi connectivity index (χ1v) is 9.82.